The fourth-order valence-electron chi connectivity index (χ4n) is 3.01. The molecule has 3 rings (SSSR count). The first-order valence-corrected chi connectivity index (χ1v) is 10.4. The molecule has 1 heterocycles. The van der Waals surface area contributed by atoms with Gasteiger partial charge in [0.15, 0.2) is 5.16 Å². The number of para-hydroxylation sites is 1. The summed E-state index contributed by atoms with van der Waals surface area (Å²) >= 11 is 1.17. The van der Waals surface area contributed by atoms with Gasteiger partial charge in [0.2, 0.25) is 5.91 Å². The van der Waals surface area contributed by atoms with E-state index in [1.807, 2.05) is 6.92 Å². The van der Waals surface area contributed by atoms with Gasteiger partial charge in [-0.1, -0.05) is 30.8 Å². The lowest BCUT2D eigenvalue weighted by atomic mass is 9.97. The van der Waals surface area contributed by atoms with Gasteiger partial charge in [-0.25, -0.2) is 9.78 Å². The third-order valence-corrected chi connectivity index (χ3v) is 5.24. The van der Waals surface area contributed by atoms with Crippen LogP contribution in [0.15, 0.2) is 34.2 Å². The number of esters is 1. The van der Waals surface area contributed by atoms with Crippen molar-refractivity contribution in [1.82, 2.24) is 9.97 Å². The summed E-state index contributed by atoms with van der Waals surface area (Å²) in [5, 5.41) is 3.18. The number of ether oxygens (including phenoxy) is 1. The fourth-order valence-corrected chi connectivity index (χ4v) is 3.69. The highest BCUT2D eigenvalue weighted by molar-refractivity contribution is 7.99. The summed E-state index contributed by atoms with van der Waals surface area (Å²) in [5.74, 6) is -0.688. The first-order chi connectivity index (χ1) is 13.6. The second-order valence-corrected chi connectivity index (χ2v) is 7.49. The summed E-state index contributed by atoms with van der Waals surface area (Å²) in [4.78, 5) is 43.9. The van der Waals surface area contributed by atoms with E-state index in [4.69, 9.17) is 4.74 Å². The van der Waals surface area contributed by atoms with Crippen LogP contribution in [0.4, 0.5) is 5.69 Å². The number of hydrogen-bond donors (Lipinski definition) is 2. The Morgan fingerprint density at radius 3 is 2.86 bits per heavy atom. The molecule has 0 aliphatic heterocycles. The lowest BCUT2D eigenvalue weighted by Crippen LogP contribution is -2.22. The largest absolute Gasteiger partial charge is 0.462 e. The van der Waals surface area contributed by atoms with E-state index in [2.05, 4.69) is 15.3 Å². The Labute approximate surface area is 167 Å². The van der Waals surface area contributed by atoms with Crippen molar-refractivity contribution in [2.45, 2.75) is 44.2 Å². The smallest absolute Gasteiger partial charge is 0.340 e. The van der Waals surface area contributed by atoms with Crippen LogP contribution in [-0.4, -0.2) is 34.2 Å². The second kappa shape index (κ2) is 9.54. The molecular formula is C20H23N3O4S. The molecule has 2 N–H and O–H groups in total. The van der Waals surface area contributed by atoms with Gasteiger partial charge in [0.05, 0.1) is 29.3 Å². The lowest BCUT2D eigenvalue weighted by molar-refractivity contribution is -0.113. The van der Waals surface area contributed by atoms with Gasteiger partial charge in [-0.3, -0.25) is 9.59 Å². The summed E-state index contributed by atoms with van der Waals surface area (Å²) in [6, 6.07) is 6.73. The average Bonchev–Trinajstić information content (AvgIpc) is 2.71. The van der Waals surface area contributed by atoms with Crippen molar-refractivity contribution in [3.63, 3.8) is 0 Å². The number of carbonyl (C=O) groups excluding carboxylic acids is 2. The highest BCUT2D eigenvalue weighted by Crippen LogP contribution is 2.20. The summed E-state index contributed by atoms with van der Waals surface area (Å²) in [6.07, 6.45) is 4.31. The second-order valence-electron chi connectivity index (χ2n) is 6.52. The number of rotatable bonds is 7. The Bertz CT molecular complexity index is 926. The third-order valence-electron chi connectivity index (χ3n) is 4.37. The number of anilines is 1. The van der Waals surface area contributed by atoms with Crippen molar-refractivity contribution in [1.29, 1.82) is 0 Å². The number of carbonyl (C=O) groups is 2. The van der Waals surface area contributed by atoms with E-state index < -0.39 is 5.97 Å². The molecule has 148 valence electrons. The van der Waals surface area contributed by atoms with Gasteiger partial charge in [0.25, 0.3) is 5.56 Å². The van der Waals surface area contributed by atoms with Gasteiger partial charge in [-0.2, -0.15) is 0 Å². The summed E-state index contributed by atoms with van der Waals surface area (Å²) in [6.45, 7) is 2.24. The molecule has 2 aromatic rings. The summed E-state index contributed by atoms with van der Waals surface area (Å²) in [5.41, 5.74) is 2.20. The maximum atomic E-state index is 12.3. The molecule has 0 spiro atoms. The maximum absolute atomic E-state index is 12.3. The number of H-pyrrole nitrogens is 1. The maximum Gasteiger partial charge on any atom is 0.340 e. The van der Waals surface area contributed by atoms with Crippen LogP contribution in [0.25, 0.3) is 0 Å². The fraction of sp³-hybridized carbons (Fsp3) is 0.400. The number of amides is 1. The first-order valence-electron chi connectivity index (χ1n) is 9.39. The molecule has 1 aliphatic rings. The van der Waals surface area contributed by atoms with Crippen molar-refractivity contribution >= 4 is 29.3 Å². The number of thioether (sulfide) groups is 1. The van der Waals surface area contributed by atoms with Crippen LogP contribution in [0, 0.1) is 0 Å². The molecule has 0 fully saturated rings. The molecule has 28 heavy (non-hydrogen) atoms. The molecule has 1 amide bonds. The van der Waals surface area contributed by atoms with Crippen LogP contribution in [0.5, 0.6) is 0 Å². The van der Waals surface area contributed by atoms with Gasteiger partial charge in [-0.15, -0.1) is 0 Å². The SMILES string of the molecule is CCCOC(=O)c1ccccc1NC(=O)CSc1nc2c(c(=O)[nH]1)CCCC2. The molecule has 0 atom stereocenters. The van der Waals surface area contributed by atoms with E-state index in [-0.39, 0.29) is 17.2 Å². The molecule has 1 aromatic carbocycles. The van der Waals surface area contributed by atoms with E-state index >= 15 is 0 Å². The minimum atomic E-state index is -0.467. The van der Waals surface area contributed by atoms with Gasteiger partial charge in [-0.05, 0) is 44.2 Å². The molecule has 7 nitrogen and oxygen atoms in total. The Balaban J connectivity index is 1.63. The normalized spacial score (nSPS) is 12.9. The lowest BCUT2D eigenvalue weighted by Gasteiger charge is -2.14. The Kier molecular flexibility index (Phi) is 6.86. The van der Waals surface area contributed by atoms with Crippen LogP contribution in [0.3, 0.4) is 0 Å². The number of nitrogens with one attached hydrogen (secondary N) is 2. The van der Waals surface area contributed by atoms with Gasteiger partial charge in [0, 0.05) is 5.56 Å². The number of aromatic amines is 1. The molecule has 0 unspecified atom stereocenters. The molecular weight excluding hydrogens is 378 g/mol. The highest BCUT2D eigenvalue weighted by Gasteiger charge is 2.17. The predicted molar refractivity (Wildman–Crippen MR) is 108 cm³/mol. The highest BCUT2D eigenvalue weighted by atomic mass is 32.2. The molecule has 8 heteroatoms. The molecule has 0 saturated heterocycles. The Morgan fingerprint density at radius 2 is 2.04 bits per heavy atom. The topological polar surface area (TPSA) is 101 Å². The van der Waals surface area contributed by atoms with Crippen LogP contribution >= 0.6 is 11.8 Å². The quantitative estimate of drug-likeness (QED) is 0.420. The molecule has 0 radical (unpaired) electrons. The zero-order chi connectivity index (χ0) is 19.9. The van der Waals surface area contributed by atoms with Crippen molar-refractivity contribution in [2.24, 2.45) is 0 Å². The number of benzene rings is 1. The zero-order valence-electron chi connectivity index (χ0n) is 15.7. The third kappa shape index (κ3) is 5.01. The molecule has 0 bridgehead atoms. The van der Waals surface area contributed by atoms with Crippen molar-refractivity contribution in [2.75, 3.05) is 17.7 Å². The van der Waals surface area contributed by atoms with Crippen LogP contribution in [-0.2, 0) is 22.4 Å². The van der Waals surface area contributed by atoms with Crippen LogP contribution in [0.1, 0.15) is 47.8 Å². The number of aromatic nitrogens is 2. The van der Waals surface area contributed by atoms with E-state index in [9.17, 15) is 14.4 Å². The number of hydrogen-bond acceptors (Lipinski definition) is 6. The molecule has 0 saturated carbocycles. The van der Waals surface area contributed by atoms with Crippen molar-refractivity contribution < 1.29 is 14.3 Å². The van der Waals surface area contributed by atoms with Gasteiger partial charge >= 0.3 is 5.97 Å². The number of fused-ring (bicyclic) bond motifs is 1. The zero-order valence-corrected chi connectivity index (χ0v) is 16.6. The van der Waals surface area contributed by atoms with Gasteiger partial charge < -0.3 is 15.0 Å². The van der Waals surface area contributed by atoms with Gasteiger partial charge in [0.1, 0.15) is 0 Å². The standard InChI is InChI=1S/C20H23N3O4S/c1-2-11-27-19(26)14-8-4-6-10-16(14)21-17(24)12-28-20-22-15-9-5-3-7-13(15)18(25)23-20/h4,6,8,10H,2-3,5,7,9,11-12H2,1H3,(H,21,24)(H,22,23,25). The minimum absolute atomic E-state index is 0.0695. The average molecular weight is 401 g/mol. The van der Waals surface area contributed by atoms with Crippen LogP contribution in [0.2, 0.25) is 0 Å². The summed E-state index contributed by atoms with van der Waals surface area (Å²) < 4.78 is 5.15. The predicted octanol–water partition coefficient (Wildman–Crippen LogP) is 2.95. The van der Waals surface area contributed by atoms with E-state index in [1.54, 1.807) is 24.3 Å². The van der Waals surface area contributed by atoms with E-state index in [0.29, 0.717) is 23.0 Å². The minimum Gasteiger partial charge on any atom is -0.462 e. The van der Waals surface area contributed by atoms with Crippen LogP contribution < -0.4 is 10.9 Å². The summed E-state index contributed by atoms with van der Waals surface area (Å²) in [7, 11) is 0. The monoisotopic (exact) mass is 401 g/mol. The Morgan fingerprint density at radius 1 is 1.25 bits per heavy atom. The molecule has 1 aliphatic carbocycles. The molecule has 1 aromatic heterocycles. The number of nitrogens with zero attached hydrogens (tertiary/aromatic N) is 1. The van der Waals surface area contributed by atoms with Crippen molar-refractivity contribution in [3.8, 4) is 0 Å². The number of aryl methyl sites for hydroxylation is 1. The Hall–Kier alpha value is -2.61. The first kappa shape index (κ1) is 20.1. The van der Waals surface area contributed by atoms with E-state index in [0.717, 1.165) is 43.4 Å². The van der Waals surface area contributed by atoms with Crippen molar-refractivity contribution in [3.05, 3.63) is 51.4 Å². The van der Waals surface area contributed by atoms with E-state index in [1.165, 1.54) is 11.8 Å².